The highest BCUT2D eigenvalue weighted by atomic mass is 16.5. The van der Waals surface area contributed by atoms with Gasteiger partial charge in [-0.3, -0.25) is 4.79 Å². The Kier molecular flexibility index (Phi) is 3.74. The van der Waals surface area contributed by atoms with Crippen molar-refractivity contribution in [3.8, 4) is 17.0 Å². The van der Waals surface area contributed by atoms with Crippen LogP contribution in [0.2, 0.25) is 0 Å². The van der Waals surface area contributed by atoms with E-state index in [1.54, 1.807) is 14.2 Å². The number of fused-ring (bicyclic) bond motifs is 1. The largest absolute Gasteiger partial charge is 0.494 e. The summed E-state index contributed by atoms with van der Waals surface area (Å²) < 4.78 is 5.54. The van der Waals surface area contributed by atoms with Crippen LogP contribution in [0.5, 0.6) is 5.75 Å². The molecule has 1 heterocycles. The number of hydrogen-bond donors (Lipinski definition) is 1. The number of amides is 1. The third-order valence-electron chi connectivity index (χ3n) is 3.55. The van der Waals surface area contributed by atoms with Crippen molar-refractivity contribution in [2.24, 2.45) is 0 Å². The topological polar surface area (TPSA) is 51.2 Å². The van der Waals surface area contributed by atoms with Crippen LogP contribution < -0.4 is 10.1 Å². The first-order valence-electron chi connectivity index (χ1n) is 7.00. The monoisotopic (exact) mass is 292 g/mol. The summed E-state index contributed by atoms with van der Waals surface area (Å²) in [6.07, 6.45) is 0. The van der Waals surface area contributed by atoms with E-state index in [1.807, 2.05) is 54.6 Å². The molecule has 4 nitrogen and oxygen atoms in total. The molecule has 3 rings (SSSR count). The van der Waals surface area contributed by atoms with Crippen LogP contribution in [-0.4, -0.2) is 25.0 Å². The lowest BCUT2D eigenvalue weighted by Crippen LogP contribution is -2.19. The van der Waals surface area contributed by atoms with Crippen molar-refractivity contribution < 1.29 is 9.53 Å². The number of nitrogens with one attached hydrogen (secondary N) is 1. The Balaban J connectivity index is 2.41. The van der Waals surface area contributed by atoms with Gasteiger partial charge in [-0.15, -0.1) is 0 Å². The number of benzene rings is 2. The fraction of sp³-hybridized carbons (Fsp3) is 0.111. The molecule has 1 N–H and O–H groups in total. The van der Waals surface area contributed by atoms with Crippen LogP contribution >= 0.6 is 0 Å². The minimum Gasteiger partial charge on any atom is -0.494 e. The van der Waals surface area contributed by atoms with Gasteiger partial charge in [-0.25, -0.2) is 4.98 Å². The van der Waals surface area contributed by atoms with E-state index >= 15 is 0 Å². The number of pyridine rings is 1. The van der Waals surface area contributed by atoms with Gasteiger partial charge in [-0.2, -0.15) is 0 Å². The van der Waals surface area contributed by atoms with Gasteiger partial charge in [-0.05, 0) is 6.07 Å². The highest BCUT2D eigenvalue weighted by Crippen LogP contribution is 2.35. The molecule has 0 spiro atoms. The zero-order chi connectivity index (χ0) is 15.5. The molecule has 0 atom stereocenters. The summed E-state index contributed by atoms with van der Waals surface area (Å²) in [5.41, 5.74) is 2.85. The third-order valence-corrected chi connectivity index (χ3v) is 3.55. The van der Waals surface area contributed by atoms with Crippen molar-refractivity contribution in [1.29, 1.82) is 0 Å². The Hall–Kier alpha value is -2.88. The number of rotatable bonds is 3. The molecule has 1 aromatic heterocycles. The summed E-state index contributed by atoms with van der Waals surface area (Å²) in [6, 6.07) is 17.3. The fourth-order valence-electron chi connectivity index (χ4n) is 2.54. The molecule has 0 fully saturated rings. The number of nitrogens with zero attached hydrogens (tertiary/aromatic N) is 1. The minimum atomic E-state index is -0.187. The number of para-hydroxylation sites is 1. The summed E-state index contributed by atoms with van der Waals surface area (Å²) in [5, 5.41) is 3.46. The van der Waals surface area contributed by atoms with Crippen LogP contribution in [0.15, 0.2) is 54.6 Å². The molecule has 1 amide bonds. The molecule has 0 unspecified atom stereocenters. The van der Waals surface area contributed by atoms with E-state index < -0.39 is 0 Å². The molecule has 0 aliphatic carbocycles. The quantitative estimate of drug-likeness (QED) is 0.806. The van der Waals surface area contributed by atoms with Crippen molar-refractivity contribution in [1.82, 2.24) is 10.3 Å². The molecule has 0 aliphatic rings. The predicted molar refractivity (Wildman–Crippen MR) is 87.1 cm³/mol. The molecular formula is C18H16N2O2. The Morgan fingerprint density at radius 3 is 2.41 bits per heavy atom. The van der Waals surface area contributed by atoms with Gasteiger partial charge in [-0.1, -0.05) is 48.5 Å². The summed E-state index contributed by atoms with van der Waals surface area (Å²) in [6.45, 7) is 0. The number of methoxy groups -OCH3 is 1. The Morgan fingerprint density at radius 1 is 1.05 bits per heavy atom. The van der Waals surface area contributed by atoms with Gasteiger partial charge in [0.25, 0.3) is 5.91 Å². The Morgan fingerprint density at radius 2 is 1.73 bits per heavy atom. The average molecular weight is 292 g/mol. The smallest absolute Gasteiger partial charge is 0.255 e. The molecule has 110 valence electrons. The molecule has 22 heavy (non-hydrogen) atoms. The molecule has 0 aliphatic heterocycles. The maximum Gasteiger partial charge on any atom is 0.255 e. The molecule has 0 bridgehead atoms. The van der Waals surface area contributed by atoms with Crippen LogP contribution in [0, 0.1) is 0 Å². The predicted octanol–water partition coefficient (Wildman–Crippen LogP) is 3.27. The van der Waals surface area contributed by atoms with E-state index in [2.05, 4.69) is 10.3 Å². The first kappa shape index (κ1) is 14.1. The first-order valence-corrected chi connectivity index (χ1v) is 7.00. The summed E-state index contributed by atoms with van der Waals surface area (Å²) in [5.74, 6) is 0.303. The fourth-order valence-corrected chi connectivity index (χ4v) is 2.54. The number of ether oxygens (including phenoxy) is 1. The van der Waals surface area contributed by atoms with E-state index in [9.17, 15) is 4.79 Å². The molecule has 0 saturated heterocycles. The van der Waals surface area contributed by atoms with E-state index in [0.717, 1.165) is 16.5 Å². The highest BCUT2D eigenvalue weighted by molar-refractivity contribution is 6.10. The van der Waals surface area contributed by atoms with Gasteiger partial charge in [0.1, 0.15) is 5.69 Å². The second-order valence-corrected chi connectivity index (χ2v) is 4.83. The lowest BCUT2D eigenvalue weighted by atomic mass is 10.0. The lowest BCUT2D eigenvalue weighted by Gasteiger charge is -2.15. The summed E-state index contributed by atoms with van der Waals surface area (Å²) in [7, 11) is 3.17. The molecule has 0 saturated carbocycles. The van der Waals surface area contributed by atoms with Gasteiger partial charge in [0, 0.05) is 18.0 Å². The second-order valence-electron chi connectivity index (χ2n) is 4.83. The van der Waals surface area contributed by atoms with Gasteiger partial charge in [0.2, 0.25) is 0 Å². The van der Waals surface area contributed by atoms with E-state index in [4.69, 9.17) is 4.74 Å². The van der Waals surface area contributed by atoms with E-state index in [-0.39, 0.29) is 5.91 Å². The molecule has 2 aromatic carbocycles. The summed E-state index contributed by atoms with van der Waals surface area (Å²) in [4.78, 5) is 17.1. The molecular weight excluding hydrogens is 276 g/mol. The number of carbonyl (C=O) groups excluding carboxylic acids is 1. The Bertz CT molecular complexity index is 829. The van der Waals surface area contributed by atoms with Gasteiger partial charge < -0.3 is 10.1 Å². The number of aromatic nitrogens is 1. The zero-order valence-electron chi connectivity index (χ0n) is 12.5. The van der Waals surface area contributed by atoms with Crippen LogP contribution in [0.1, 0.15) is 10.4 Å². The van der Waals surface area contributed by atoms with Crippen molar-refractivity contribution in [2.45, 2.75) is 0 Å². The van der Waals surface area contributed by atoms with E-state index in [1.165, 1.54) is 0 Å². The van der Waals surface area contributed by atoms with Crippen LogP contribution in [0.4, 0.5) is 0 Å². The van der Waals surface area contributed by atoms with Gasteiger partial charge in [0.15, 0.2) is 5.75 Å². The first-order chi connectivity index (χ1) is 10.8. The summed E-state index contributed by atoms with van der Waals surface area (Å²) >= 11 is 0. The second kappa shape index (κ2) is 5.85. The average Bonchev–Trinajstić information content (AvgIpc) is 2.60. The number of hydrogen-bond acceptors (Lipinski definition) is 3. The molecule has 0 radical (unpaired) electrons. The number of carbonyl (C=O) groups is 1. The SMILES string of the molecule is CNC(=O)c1c(OC)c(-c2ccccc2)nc2ccccc12. The lowest BCUT2D eigenvalue weighted by molar-refractivity contribution is 0.0962. The molecule has 3 aromatic rings. The normalized spacial score (nSPS) is 10.5. The zero-order valence-corrected chi connectivity index (χ0v) is 12.5. The highest BCUT2D eigenvalue weighted by Gasteiger charge is 2.21. The maximum absolute atomic E-state index is 12.4. The van der Waals surface area contributed by atoms with Gasteiger partial charge >= 0.3 is 0 Å². The Labute approximate surface area is 128 Å². The van der Waals surface area contributed by atoms with Crippen LogP contribution in [0.3, 0.4) is 0 Å². The van der Waals surface area contributed by atoms with Crippen LogP contribution in [-0.2, 0) is 0 Å². The third kappa shape index (κ3) is 2.29. The maximum atomic E-state index is 12.4. The standard InChI is InChI=1S/C18H16N2O2/c1-19-18(21)15-13-10-6-7-11-14(13)20-16(17(15)22-2)12-8-4-3-5-9-12/h3-11H,1-2H3,(H,19,21). The minimum absolute atomic E-state index is 0.187. The van der Waals surface area contributed by atoms with Crippen molar-refractivity contribution >= 4 is 16.8 Å². The van der Waals surface area contributed by atoms with Crippen molar-refractivity contribution in [2.75, 3.05) is 14.2 Å². The van der Waals surface area contributed by atoms with Gasteiger partial charge in [0.05, 0.1) is 18.2 Å². The van der Waals surface area contributed by atoms with Crippen LogP contribution in [0.25, 0.3) is 22.2 Å². The van der Waals surface area contributed by atoms with Crippen molar-refractivity contribution in [3.63, 3.8) is 0 Å². The van der Waals surface area contributed by atoms with Crippen molar-refractivity contribution in [3.05, 3.63) is 60.2 Å². The molecule has 4 heteroatoms. The van der Waals surface area contributed by atoms with E-state index in [0.29, 0.717) is 17.0 Å².